The number of fused-ring (bicyclic) bond motifs is 1. The Morgan fingerprint density at radius 1 is 1.12 bits per heavy atom. The van der Waals surface area contributed by atoms with Gasteiger partial charge in [-0.25, -0.2) is 13.4 Å². The fraction of sp³-hybridized carbons (Fsp3) is 0.429. The van der Waals surface area contributed by atoms with Gasteiger partial charge in [0, 0.05) is 25.3 Å². The molecule has 0 spiro atoms. The monoisotopic (exact) mass is 602 g/mol. The van der Waals surface area contributed by atoms with E-state index in [9.17, 15) is 13.5 Å². The maximum absolute atomic E-state index is 13.3. The topological polar surface area (TPSA) is 149 Å². The molecule has 0 radical (unpaired) electrons. The Morgan fingerprint density at radius 3 is 2.78 bits per heavy atom. The molecule has 0 bridgehead atoms. The quantitative estimate of drug-likeness (QED) is 0.126. The number of nitrogens with one attached hydrogen (secondary N) is 3. The fourth-order valence-corrected chi connectivity index (χ4v) is 6.89. The molecule has 3 aromatic rings. The molecule has 11 nitrogen and oxygen atoms in total. The van der Waals surface area contributed by atoms with Gasteiger partial charge in [0.25, 0.3) is 0 Å². The van der Waals surface area contributed by atoms with Crippen molar-refractivity contribution in [3.8, 4) is 0 Å². The normalized spacial score (nSPS) is 19.5. The number of halogens is 1. The van der Waals surface area contributed by atoms with Crippen LogP contribution in [-0.2, 0) is 27.6 Å². The van der Waals surface area contributed by atoms with E-state index in [2.05, 4.69) is 38.1 Å². The van der Waals surface area contributed by atoms with E-state index in [0.717, 1.165) is 31.4 Å². The number of sulfonamides is 1. The van der Waals surface area contributed by atoms with Gasteiger partial charge in [0.15, 0.2) is 5.82 Å². The lowest BCUT2D eigenvalue weighted by Gasteiger charge is -2.19. The van der Waals surface area contributed by atoms with Crippen molar-refractivity contribution < 1.29 is 23.4 Å². The number of aryl methyl sites for hydroxylation is 1. The number of nitrogens with zero attached hydrogens (tertiary/aromatic N) is 3. The van der Waals surface area contributed by atoms with Crippen LogP contribution in [0.25, 0.3) is 0 Å². The van der Waals surface area contributed by atoms with Crippen molar-refractivity contribution in [1.82, 2.24) is 19.6 Å². The van der Waals surface area contributed by atoms with Crippen LogP contribution >= 0.6 is 11.6 Å². The van der Waals surface area contributed by atoms with Crippen molar-refractivity contribution in [2.24, 2.45) is 0 Å². The average Bonchev–Trinajstić information content (AvgIpc) is 3.31. The van der Waals surface area contributed by atoms with Crippen molar-refractivity contribution in [1.29, 1.82) is 0 Å². The van der Waals surface area contributed by atoms with E-state index in [0.29, 0.717) is 31.3 Å². The minimum atomic E-state index is -3.83. The summed E-state index contributed by atoms with van der Waals surface area (Å²) in [5.74, 6) is 0.572. The third kappa shape index (κ3) is 7.33. The Labute approximate surface area is 245 Å². The summed E-state index contributed by atoms with van der Waals surface area (Å²) < 4.78 is 33.8. The lowest BCUT2D eigenvalue weighted by atomic mass is 10.0. The van der Waals surface area contributed by atoms with Gasteiger partial charge >= 0.3 is 0 Å². The van der Waals surface area contributed by atoms with E-state index >= 15 is 0 Å². The average molecular weight is 603 g/mol. The number of rotatable bonds is 11. The van der Waals surface area contributed by atoms with Crippen LogP contribution in [0, 0.1) is 0 Å². The first-order valence-electron chi connectivity index (χ1n) is 13.7. The molecule has 1 unspecified atom stereocenters. The molecule has 220 valence electrons. The molecule has 5 rings (SSSR count). The molecule has 5 N–H and O–H groups in total. The molecule has 13 heteroatoms. The summed E-state index contributed by atoms with van der Waals surface area (Å²) >= 11 is 6.41. The van der Waals surface area contributed by atoms with Crippen LogP contribution < -0.4 is 16.0 Å². The van der Waals surface area contributed by atoms with Gasteiger partial charge < -0.3 is 25.6 Å². The predicted molar refractivity (Wildman–Crippen MR) is 157 cm³/mol. The van der Waals surface area contributed by atoms with Crippen LogP contribution in [0.5, 0.6) is 0 Å². The Morgan fingerprint density at radius 2 is 1.98 bits per heavy atom. The first kappa shape index (κ1) is 29.6. The van der Waals surface area contributed by atoms with E-state index in [4.69, 9.17) is 21.4 Å². The molecule has 1 aliphatic carbocycles. The SMILES string of the molecule is O=S(=O)(c1ccccc1Nc1nc(Nc2ccc3c(c2)CCCC(OCNCCO)C3)ncc1Cl)N1CC[C@H](O)C1. The number of hydrogen-bond acceptors (Lipinski definition) is 10. The Hall–Kier alpha value is -2.84. The molecule has 1 aromatic heterocycles. The molecule has 1 fully saturated rings. The van der Waals surface area contributed by atoms with Crippen LogP contribution in [0.3, 0.4) is 0 Å². The van der Waals surface area contributed by atoms with Gasteiger partial charge in [0.05, 0.1) is 37.4 Å². The zero-order valence-electron chi connectivity index (χ0n) is 22.6. The third-order valence-corrected chi connectivity index (χ3v) is 9.42. The summed E-state index contributed by atoms with van der Waals surface area (Å²) in [4.78, 5) is 8.92. The zero-order valence-corrected chi connectivity index (χ0v) is 24.2. The number of para-hydroxylation sites is 1. The second-order valence-corrected chi connectivity index (χ2v) is 12.5. The molecule has 2 aliphatic rings. The van der Waals surface area contributed by atoms with Gasteiger partial charge in [0.1, 0.15) is 9.92 Å². The molecule has 0 saturated carbocycles. The Balaban J connectivity index is 1.30. The number of benzene rings is 2. The lowest BCUT2D eigenvalue weighted by Crippen LogP contribution is -2.30. The van der Waals surface area contributed by atoms with E-state index in [-0.39, 0.29) is 41.5 Å². The number of aromatic nitrogens is 2. The fourth-order valence-electron chi connectivity index (χ4n) is 5.11. The predicted octanol–water partition coefficient (Wildman–Crippen LogP) is 3.18. The molecule has 2 heterocycles. The van der Waals surface area contributed by atoms with Gasteiger partial charge in [-0.15, -0.1) is 0 Å². The first-order chi connectivity index (χ1) is 19.8. The summed E-state index contributed by atoms with van der Waals surface area (Å²) in [5, 5.41) is 28.4. The smallest absolute Gasteiger partial charge is 0.245 e. The standard InChI is InChI=1S/C28H35ClN6O5S/c29-24-16-31-28(32-21-9-8-20-15-23(40-18-30-11-13-36)5-3-4-19(20)14-21)34-27(24)33-25-6-1-2-7-26(25)41(38,39)35-12-10-22(37)17-35/h1-2,6-9,14,16,22-23,30,36-37H,3-5,10-13,15,17-18H2,(H2,31,32,33,34)/t22-,23?/m0/s1. The number of hydrogen-bond donors (Lipinski definition) is 5. The number of ether oxygens (including phenoxy) is 1. The van der Waals surface area contributed by atoms with Crippen LogP contribution in [-0.4, -0.2) is 78.1 Å². The van der Waals surface area contributed by atoms with Crippen molar-refractivity contribution in [2.75, 3.05) is 43.6 Å². The lowest BCUT2D eigenvalue weighted by molar-refractivity contribution is 0.0341. The van der Waals surface area contributed by atoms with Gasteiger partial charge in [-0.3, -0.25) is 5.32 Å². The van der Waals surface area contributed by atoms with Crippen LogP contribution in [0.15, 0.2) is 53.6 Å². The molecule has 1 saturated heterocycles. The minimum absolute atomic E-state index is 0.0648. The summed E-state index contributed by atoms with van der Waals surface area (Å²) in [7, 11) is -3.83. The van der Waals surface area contributed by atoms with Crippen LogP contribution in [0.2, 0.25) is 5.02 Å². The molecule has 1 aliphatic heterocycles. The highest BCUT2D eigenvalue weighted by molar-refractivity contribution is 7.89. The second-order valence-electron chi connectivity index (χ2n) is 10.2. The van der Waals surface area contributed by atoms with Crippen LogP contribution in [0.4, 0.5) is 23.1 Å². The Bertz CT molecular complexity index is 1460. The highest BCUT2D eigenvalue weighted by Crippen LogP contribution is 2.32. The second kappa shape index (κ2) is 13.4. The summed E-state index contributed by atoms with van der Waals surface area (Å²) in [6.45, 7) is 1.34. The molecule has 2 aromatic carbocycles. The van der Waals surface area contributed by atoms with Gasteiger partial charge in [-0.05, 0) is 67.5 Å². The van der Waals surface area contributed by atoms with Crippen molar-refractivity contribution >= 4 is 44.8 Å². The van der Waals surface area contributed by atoms with Crippen LogP contribution in [0.1, 0.15) is 30.4 Å². The highest BCUT2D eigenvalue weighted by Gasteiger charge is 2.33. The number of anilines is 4. The molecular weight excluding hydrogens is 568 g/mol. The Kier molecular flexibility index (Phi) is 9.71. The van der Waals surface area contributed by atoms with E-state index < -0.39 is 16.1 Å². The molecule has 41 heavy (non-hydrogen) atoms. The van der Waals surface area contributed by atoms with Crippen molar-refractivity contribution in [2.45, 2.75) is 49.2 Å². The van der Waals surface area contributed by atoms with Crippen molar-refractivity contribution in [3.05, 3.63) is 64.8 Å². The minimum Gasteiger partial charge on any atom is -0.395 e. The maximum Gasteiger partial charge on any atom is 0.245 e. The third-order valence-electron chi connectivity index (χ3n) is 7.22. The maximum atomic E-state index is 13.3. The summed E-state index contributed by atoms with van der Waals surface area (Å²) in [6.07, 6.45) is 5.04. The van der Waals surface area contributed by atoms with E-state index in [1.807, 2.05) is 6.07 Å². The van der Waals surface area contributed by atoms with Gasteiger partial charge in [-0.1, -0.05) is 29.8 Å². The molecule has 0 amide bonds. The van der Waals surface area contributed by atoms with Gasteiger partial charge in [-0.2, -0.15) is 9.29 Å². The molecular formula is C28H35ClN6O5S. The number of β-amino-alcohol motifs (C(OH)–C–C–N with tert-alkyl or cyclic N) is 1. The number of aliphatic hydroxyl groups excluding tert-OH is 2. The van der Waals surface area contributed by atoms with Gasteiger partial charge in [0.2, 0.25) is 16.0 Å². The summed E-state index contributed by atoms with van der Waals surface area (Å²) in [6, 6.07) is 12.7. The highest BCUT2D eigenvalue weighted by atomic mass is 35.5. The largest absolute Gasteiger partial charge is 0.395 e. The summed E-state index contributed by atoms with van der Waals surface area (Å²) in [5.41, 5.74) is 3.64. The van der Waals surface area contributed by atoms with E-state index in [1.165, 1.54) is 27.7 Å². The van der Waals surface area contributed by atoms with Crippen molar-refractivity contribution in [3.63, 3.8) is 0 Å². The number of aliphatic hydroxyl groups is 2. The first-order valence-corrected chi connectivity index (χ1v) is 15.5. The molecule has 2 atom stereocenters. The van der Waals surface area contributed by atoms with E-state index in [1.54, 1.807) is 18.2 Å². The zero-order chi connectivity index (χ0) is 28.8.